The molecule has 0 bridgehead atoms. The summed E-state index contributed by atoms with van der Waals surface area (Å²) in [5, 5.41) is 9.76. The Hall–Kier alpha value is -1.31. The van der Waals surface area contributed by atoms with E-state index < -0.39 is 16.1 Å². The number of methoxy groups -OCH3 is 2. The predicted molar refractivity (Wildman–Crippen MR) is 80.2 cm³/mol. The van der Waals surface area contributed by atoms with E-state index in [4.69, 9.17) is 9.47 Å². The number of ether oxygens (including phenoxy) is 2. The molecule has 0 radical (unpaired) electrons. The van der Waals surface area contributed by atoms with Crippen molar-refractivity contribution in [3.8, 4) is 11.5 Å². The Balaban J connectivity index is 2.87. The van der Waals surface area contributed by atoms with Gasteiger partial charge in [-0.1, -0.05) is 13.8 Å². The van der Waals surface area contributed by atoms with E-state index in [1.165, 1.54) is 26.4 Å². The molecule has 120 valence electrons. The fourth-order valence-electron chi connectivity index (χ4n) is 1.91. The van der Waals surface area contributed by atoms with Crippen LogP contribution in [-0.2, 0) is 10.0 Å². The van der Waals surface area contributed by atoms with Gasteiger partial charge in [-0.3, -0.25) is 0 Å². The third-order valence-electron chi connectivity index (χ3n) is 2.91. The number of aliphatic hydroxyl groups excluding tert-OH is 1. The standard InChI is InChI=1S/C14H23NO5S/c1-10(2)7-11(16)9-15-21(17,18)14-6-5-12(19-3)8-13(14)20-4/h5-6,8,10-11,15-16H,7,9H2,1-4H3. The molecular weight excluding hydrogens is 294 g/mol. The number of sulfonamides is 1. The van der Waals surface area contributed by atoms with Crippen LogP contribution >= 0.6 is 0 Å². The van der Waals surface area contributed by atoms with Crippen LogP contribution in [0.1, 0.15) is 20.3 Å². The third kappa shape index (κ3) is 5.18. The summed E-state index contributed by atoms with van der Waals surface area (Å²) < 4.78 is 37.0. The van der Waals surface area contributed by atoms with E-state index in [1.54, 1.807) is 6.07 Å². The van der Waals surface area contributed by atoms with Gasteiger partial charge in [-0.2, -0.15) is 0 Å². The van der Waals surface area contributed by atoms with Gasteiger partial charge in [0.2, 0.25) is 10.0 Å². The first-order valence-corrected chi connectivity index (χ1v) is 8.18. The highest BCUT2D eigenvalue weighted by Gasteiger charge is 2.21. The lowest BCUT2D eigenvalue weighted by atomic mass is 10.1. The van der Waals surface area contributed by atoms with E-state index in [1.807, 2.05) is 13.8 Å². The summed E-state index contributed by atoms with van der Waals surface area (Å²) in [4.78, 5) is 0.0162. The molecule has 1 atom stereocenters. The van der Waals surface area contributed by atoms with Gasteiger partial charge in [-0.05, 0) is 24.5 Å². The molecule has 6 nitrogen and oxygen atoms in total. The van der Waals surface area contributed by atoms with Crippen molar-refractivity contribution in [1.82, 2.24) is 4.72 Å². The highest BCUT2D eigenvalue weighted by molar-refractivity contribution is 7.89. The zero-order valence-electron chi connectivity index (χ0n) is 12.8. The molecule has 0 aliphatic heterocycles. The molecule has 0 fully saturated rings. The first kappa shape index (κ1) is 17.7. The van der Waals surface area contributed by atoms with Gasteiger partial charge in [0.1, 0.15) is 16.4 Å². The van der Waals surface area contributed by atoms with E-state index in [0.29, 0.717) is 18.1 Å². The van der Waals surface area contributed by atoms with Crippen LogP contribution in [0, 0.1) is 5.92 Å². The Kier molecular flexibility index (Phi) is 6.44. The lowest BCUT2D eigenvalue weighted by Gasteiger charge is -2.15. The van der Waals surface area contributed by atoms with Crippen molar-refractivity contribution in [2.45, 2.75) is 31.3 Å². The summed E-state index contributed by atoms with van der Waals surface area (Å²) in [5.41, 5.74) is 0. The summed E-state index contributed by atoms with van der Waals surface area (Å²) in [6.07, 6.45) is -0.188. The number of hydrogen-bond donors (Lipinski definition) is 2. The van der Waals surface area contributed by atoms with Gasteiger partial charge in [0, 0.05) is 12.6 Å². The van der Waals surface area contributed by atoms with E-state index in [0.717, 1.165) is 0 Å². The summed E-state index contributed by atoms with van der Waals surface area (Å²) >= 11 is 0. The minimum Gasteiger partial charge on any atom is -0.497 e. The van der Waals surface area contributed by atoms with Crippen molar-refractivity contribution in [1.29, 1.82) is 0 Å². The van der Waals surface area contributed by atoms with Crippen molar-refractivity contribution in [2.24, 2.45) is 5.92 Å². The average Bonchev–Trinajstić information content (AvgIpc) is 2.43. The van der Waals surface area contributed by atoms with Gasteiger partial charge in [0.05, 0.1) is 20.3 Å². The molecule has 0 aliphatic carbocycles. The monoisotopic (exact) mass is 317 g/mol. The molecule has 0 heterocycles. The molecule has 0 aliphatic rings. The quantitative estimate of drug-likeness (QED) is 0.757. The molecule has 0 amide bonds. The van der Waals surface area contributed by atoms with E-state index in [-0.39, 0.29) is 17.2 Å². The maximum absolute atomic E-state index is 12.3. The number of nitrogens with one attached hydrogen (secondary N) is 1. The van der Waals surface area contributed by atoms with Gasteiger partial charge in [0.25, 0.3) is 0 Å². The average molecular weight is 317 g/mol. The summed E-state index contributed by atoms with van der Waals surface area (Å²) in [6, 6.07) is 4.45. The Morgan fingerprint density at radius 3 is 2.43 bits per heavy atom. The van der Waals surface area contributed by atoms with Gasteiger partial charge in [0.15, 0.2) is 0 Å². The van der Waals surface area contributed by atoms with Crippen LogP contribution in [0.4, 0.5) is 0 Å². The van der Waals surface area contributed by atoms with Crippen LogP contribution in [0.15, 0.2) is 23.1 Å². The van der Waals surface area contributed by atoms with Crippen molar-refractivity contribution >= 4 is 10.0 Å². The van der Waals surface area contributed by atoms with Crippen molar-refractivity contribution in [2.75, 3.05) is 20.8 Å². The molecule has 1 aromatic rings. The maximum Gasteiger partial charge on any atom is 0.244 e. The lowest BCUT2D eigenvalue weighted by molar-refractivity contribution is 0.152. The molecular formula is C14H23NO5S. The van der Waals surface area contributed by atoms with Crippen LogP contribution in [0.2, 0.25) is 0 Å². The SMILES string of the molecule is COc1ccc(S(=O)(=O)NCC(O)CC(C)C)c(OC)c1. The second-order valence-electron chi connectivity index (χ2n) is 5.15. The number of hydrogen-bond acceptors (Lipinski definition) is 5. The molecule has 0 saturated heterocycles. The molecule has 1 unspecified atom stereocenters. The molecule has 0 aromatic heterocycles. The van der Waals surface area contributed by atoms with Gasteiger partial charge < -0.3 is 14.6 Å². The number of benzene rings is 1. The Labute approximate surface area is 126 Å². The van der Waals surface area contributed by atoms with Gasteiger partial charge >= 0.3 is 0 Å². The zero-order chi connectivity index (χ0) is 16.0. The number of rotatable bonds is 8. The second-order valence-corrected chi connectivity index (χ2v) is 6.89. The smallest absolute Gasteiger partial charge is 0.244 e. The summed E-state index contributed by atoms with van der Waals surface area (Å²) in [7, 11) is -0.870. The van der Waals surface area contributed by atoms with E-state index >= 15 is 0 Å². The highest BCUT2D eigenvalue weighted by atomic mass is 32.2. The number of aliphatic hydroxyl groups is 1. The fourth-order valence-corrected chi connectivity index (χ4v) is 3.13. The van der Waals surface area contributed by atoms with Gasteiger partial charge in [-0.15, -0.1) is 0 Å². The fraction of sp³-hybridized carbons (Fsp3) is 0.571. The molecule has 1 rings (SSSR count). The molecule has 7 heteroatoms. The Morgan fingerprint density at radius 1 is 1.24 bits per heavy atom. The normalized spacial score (nSPS) is 13.2. The molecule has 21 heavy (non-hydrogen) atoms. The van der Waals surface area contributed by atoms with E-state index in [9.17, 15) is 13.5 Å². The second kappa shape index (κ2) is 7.63. The van der Waals surface area contributed by atoms with Crippen LogP contribution in [0.5, 0.6) is 11.5 Å². The molecule has 1 aromatic carbocycles. The van der Waals surface area contributed by atoms with Crippen LogP contribution in [-0.4, -0.2) is 40.4 Å². The van der Waals surface area contributed by atoms with Crippen LogP contribution < -0.4 is 14.2 Å². The largest absolute Gasteiger partial charge is 0.497 e. The zero-order valence-corrected chi connectivity index (χ0v) is 13.6. The topological polar surface area (TPSA) is 84.9 Å². The van der Waals surface area contributed by atoms with Crippen LogP contribution in [0.25, 0.3) is 0 Å². The summed E-state index contributed by atoms with van der Waals surface area (Å²) in [6.45, 7) is 3.89. The minimum atomic E-state index is -3.75. The molecule has 0 spiro atoms. The van der Waals surface area contributed by atoms with Gasteiger partial charge in [-0.25, -0.2) is 13.1 Å². The highest BCUT2D eigenvalue weighted by Crippen LogP contribution is 2.28. The molecule has 0 saturated carbocycles. The van der Waals surface area contributed by atoms with Crippen molar-refractivity contribution in [3.05, 3.63) is 18.2 Å². The van der Waals surface area contributed by atoms with E-state index in [2.05, 4.69) is 4.72 Å². The Bertz CT molecular complexity index is 556. The van der Waals surface area contributed by atoms with Crippen molar-refractivity contribution < 1.29 is 23.0 Å². The minimum absolute atomic E-state index is 0.0162. The Morgan fingerprint density at radius 2 is 1.90 bits per heavy atom. The summed E-state index contributed by atoms with van der Waals surface area (Å²) in [5.74, 6) is 0.992. The lowest BCUT2D eigenvalue weighted by Crippen LogP contribution is -2.33. The molecule has 2 N–H and O–H groups in total. The van der Waals surface area contributed by atoms with Crippen LogP contribution in [0.3, 0.4) is 0 Å². The first-order chi connectivity index (χ1) is 9.80. The van der Waals surface area contributed by atoms with Crippen molar-refractivity contribution in [3.63, 3.8) is 0 Å². The first-order valence-electron chi connectivity index (χ1n) is 6.70. The third-order valence-corrected chi connectivity index (χ3v) is 4.38. The predicted octanol–water partition coefficient (Wildman–Crippen LogP) is 1.39. The maximum atomic E-state index is 12.3.